The van der Waals surface area contributed by atoms with Gasteiger partial charge in [0, 0.05) is 17.4 Å². The zero-order valence-corrected chi connectivity index (χ0v) is 14.4. The number of amides is 1. The van der Waals surface area contributed by atoms with Crippen LogP contribution < -0.4 is 10.1 Å². The molecule has 0 atom stereocenters. The zero-order chi connectivity index (χ0) is 17.1. The smallest absolute Gasteiger partial charge is 0.255 e. The summed E-state index contributed by atoms with van der Waals surface area (Å²) >= 11 is 1.51. The summed E-state index contributed by atoms with van der Waals surface area (Å²) < 4.78 is 10.4. The molecule has 0 aliphatic rings. The largest absolute Gasteiger partial charge is 0.494 e. The Morgan fingerprint density at radius 3 is 2.67 bits per heavy atom. The number of nitrogens with zero attached hydrogens (tertiary/aromatic N) is 2. The van der Waals surface area contributed by atoms with Crippen LogP contribution in [0.15, 0.2) is 34.9 Å². The first-order valence-electron chi connectivity index (χ1n) is 7.52. The summed E-state index contributed by atoms with van der Waals surface area (Å²) in [4.78, 5) is 18.4. The fraction of sp³-hybridized carbons (Fsp3) is 0.235. The molecule has 0 aliphatic heterocycles. The number of benzene rings is 1. The molecule has 3 rings (SSSR count). The Kier molecular flexibility index (Phi) is 4.61. The van der Waals surface area contributed by atoms with Gasteiger partial charge >= 0.3 is 0 Å². The Morgan fingerprint density at radius 2 is 2.04 bits per heavy atom. The molecule has 0 spiro atoms. The fourth-order valence-corrected chi connectivity index (χ4v) is 3.08. The molecule has 0 radical (unpaired) electrons. The Morgan fingerprint density at radius 1 is 1.29 bits per heavy atom. The lowest BCUT2D eigenvalue weighted by molar-refractivity contribution is 0.102. The molecule has 2 aromatic heterocycles. The predicted octanol–water partition coefficient (Wildman–Crippen LogP) is 4.07. The second-order valence-electron chi connectivity index (χ2n) is 5.13. The van der Waals surface area contributed by atoms with Gasteiger partial charge in [0.2, 0.25) is 11.7 Å². The van der Waals surface area contributed by atoms with Crippen LogP contribution in [0.25, 0.3) is 10.7 Å². The minimum absolute atomic E-state index is 0.171. The zero-order valence-electron chi connectivity index (χ0n) is 13.6. The number of hydrogen-bond donors (Lipinski definition) is 1. The summed E-state index contributed by atoms with van der Waals surface area (Å²) in [5.74, 6) is 1.61. The third-order valence-corrected chi connectivity index (χ3v) is 4.39. The molecule has 24 heavy (non-hydrogen) atoms. The van der Waals surface area contributed by atoms with E-state index >= 15 is 0 Å². The Labute approximate surface area is 143 Å². The van der Waals surface area contributed by atoms with Gasteiger partial charge in [0.1, 0.15) is 5.75 Å². The molecule has 0 bridgehead atoms. The van der Waals surface area contributed by atoms with Gasteiger partial charge in [0.15, 0.2) is 0 Å². The Balaban J connectivity index is 1.75. The first-order chi connectivity index (χ1) is 11.6. The maximum absolute atomic E-state index is 12.4. The molecule has 0 fully saturated rings. The van der Waals surface area contributed by atoms with Crippen LogP contribution in [0.5, 0.6) is 5.75 Å². The van der Waals surface area contributed by atoms with Crippen LogP contribution in [0.1, 0.15) is 28.0 Å². The van der Waals surface area contributed by atoms with E-state index < -0.39 is 0 Å². The van der Waals surface area contributed by atoms with E-state index in [1.807, 2.05) is 19.9 Å². The van der Waals surface area contributed by atoms with Gasteiger partial charge in [0.25, 0.3) is 5.91 Å². The van der Waals surface area contributed by atoms with Crippen LogP contribution in [0, 0.1) is 13.8 Å². The van der Waals surface area contributed by atoms with Crippen molar-refractivity contribution >= 4 is 22.9 Å². The Bertz CT molecular complexity index is 852. The molecule has 7 heteroatoms. The first-order valence-corrected chi connectivity index (χ1v) is 8.34. The third kappa shape index (κ3) is 3.46. The highest BCUT2D eigenvalue weighted by Crippen LogP contribution is 2.33. The number of ether oxygens (including phenoxy) is 1. The lowest BCUT2D eigenvalue weighted by atomic mass is 10.2. The number of thiophene rings is 1. The highest BCUT2D eigenvalue weighted by atomic mass is 32.1. The summed E-state index contributed by atoms with van der Waals surface area (Å²) in [7, 11) is 0. The average Bonchev–Trinajstić information content (AvgIpc) is 3.15. The Hall–Kier alpha value is -2.67. The molecule has 6 nitrogen and oxygen atoms in total. The number of anilines is 1. The second kappa shape index (κ2) is 6.84. The van der Waals surface area contributed by atoms with Crippen molar-refractivity contribution in [3.63, 3.8) is 0 Å². The first kappa shape index (κ1) is 16.2. The van der Waals surface area contributed by atoms with Gasteiger partial charge in [-0.25, -0.2) is 0 Å². The number of rotatable bonds is 5. The van der Waals surface area contributed by atoms with Crippen molar-refractivity contribution in [1.82, 2.24) is 10.1 Å². The second-order valence-corrected chi connectivity index (χ2v) is 6.39. The molecule has 2 heterocycles. The maximum atomic E-state index is 12.4. The van der Waals surface area contributed by atoms with E-state index in [0.29, 0.717) is 23.9 Å². The molecule has 1 aromatic carbocycles. The summed E-state index contributed by atoms with van der Waals surface area (Å²) in [5, 5.41) is 6.82. The highest BCUT2D eigenvalue weighted by Gasteiger charge is 2.14. The van der Waals surface area contributed by atoms with Crippen LogP contribution in [0.4, 0.5) is 5.69 Å². The molecular weight excluding hydrogens is 326 g/mol. The average molecular weight is 343 g/mol. The van der Waals surface area contributed by atoms with Crippen LogP contribution in [-0.2, 0) is 0 Å². The van der Waals surface area contributed by atoms with E-state index in [0.717, 1.165) is 21.2 Å². The number of hydrogen-bond acceptors (Lipinski definition) is 6. The van der Waals surface area contributed by atoms with Gasteiger partial charge in [0.05, 0.1) is 17.2 Å². The van der Waals surface area contributed by atoms with E-state index in [-0.39, 0.29) is 5.91 Å². The molecular formula is C17H17N3O3S. The van der Waals surface area contributed by atoms with Crippen molar-refractivity contribution in [2.75, 3.05) is 11.9 Å². The monoisotopic (exact) mass is 343 g/mol. The van der Waals surface area contributed by atoms with Gasteiger partial charge < -0.3 is 14.6 Å². The fourth-order valence-electron chi connectivity index (χ4n) is 2.18. The minimum atomic E-state index is -0.171. The highest BCUT2D eigenvalue weighted by molar-refractivity contribution is 7.16. The van der Waals surface area contributed by atoms with Crippen LogP contribution >= 0.6 is 11.3 Å². The number of nitrogens with one attached hydrogen (secondary N) is 1. The van der Waals surface area contributed by atoms with Crippen molar-refractivity contribution in [2.24, 2.45) is 0 Å². The molecule has 0 unspecified atom stereocenters. The molecule has 0 saturated heterocycles. The van der Waals surface area contributed by atoms with Gasteiger partial charge in [-0.2, -0.15) is 4.98 Å². The van der Waals surface area contributed by atoms with E-state index in [2.05, 4.69) is 15.5 Å². The lowest BCUT2D eigenvalue weighted by Crippen LogP contribution is -2.11. The van der Waals surface area contributed by atoms with Gasteiger partial charge in [-0.1, -0.05) is 5.16 Å². The van der Waals surface area contributed by atoms with E-state index in [4.69, 9.17) is 9.26 Å². The SMILES string of the molecule is CCOc1ccc(C(=O)Nc2cc(-c3noc(C)n3)sc2C)cc1. The number of carbonyl (C=O) groups is 1. The number of aromatic nitrogens is 2. The van der Waals surface area contributed by atoms with Crippen LogP contribution in [0.3, 0.4) is 0 Å². The predicted molar refractivity (Wildman–Crippen MR) is 92.6 cm³/mol. The molecule has 0 saturated carbocycles. The van der Waals surface area contributed by atoms with Crippen LogP contribution in [0.2, 0.25) is 0 Å². The summed E-state index contributed by atoms with van der Waals surface area (Å²) in [5.41, 5.74) is 1.32. The van der Waals surface area contributed by atoms with Gasteiger partial charge in [-0.15, -0.1) is 11.3 Å². The number of carbonyl (C=O) groups excluding carboxylic acids is 1. The molecule has 0 aliphatic carbocycles. The lowest BCUT2D eigenvalue weighted by Gasteiger charge is -2.06. The topological polar surface area (TPSA) is 77.2 Å². The standard InChI is InChI=1S/C17H17N3O3S/c1-4-22-13-7-5-12(6-8-13)17(21)19-14-9-15(24-10(14)2)16-18-11(3)23-20-16/h5-9H,4H2,1-3H3,(H,19,21). The summed E-state index contributed by atoms with van der Waals surface area (Å²) in [6, 6.07) is 8.91. The quantitative estimate of drug-likeness (QED) is 0.756. The molecule has 1 N–H and O–H groups in total. The van der Waals surface area contributed by atoms with E-state index in [1.54, 1.807) is 31.2 Å². The van der Waals surface area contributed by atoms with E-state index in [9.17, 15) is 4.79 Å². The number of aryl methyl sites for hydroxylation is 2. The van der Waals surface area contributed by atoms with Gasteiger partial charge in [-0.05, 0) is 44.2 Å². The van der Waals surface area contributed by atoms with Gasteiger partial charge in [-0.3, -0.25) is 4.79 Å². The summed E-state index contributed by atoms with van der Waals surface area (Å²) in [6.07, 6.45) is 0. The van der Waals surface area contributed by atoms with Crippen LogP contribution in [-0.4, -0.2) is 22.7 Å². The third-order valence-electron chi connectivity index (χ3n) is 3.34. The minimum Gasteiger partial charge on any atom is -0.494 e. The normalized spacial score (nSPS) is 10.6. The van der Waals surface area contributed by atoms with Crippen molar-refractivity contribution in [1.29, 1.82) is 0 Å². The van der Waals surface area contributed by atoms with E-state index in [1.165, 1.54) is 11.3 Å². The van der Waals surface area contributed by atoms with Crippen molar-refractivity contribution in [3.05, 3.63) is 46.7 Å². The van der Waals surface area contributed by atoms with Crippen molar-refractivity contribution in [2.45, 2.75) is 20.8 Å². The maximum Gasteiger partial charge on any atom is 0.255 e. The molecule has 3 aromatic rings. The van der Waals surface area contributed by atoms with Crippen molar-refractivity contribution in [3.8, 4) is 16.5 Å². The molecule has 124 valence electrons. The van der Waals surface area contributed by atoms with Crippen molar-refractivity contribution < 1.29 is 14.1 Å². The summed E-state index contributed by atoms with van der Waals surface area (Å²) in [6.45, 7) is 6.20. The molecule has 1 amide bonds.